The quantitative estimate of drug-likeness (QED) is 0.850. The fourth-order valence-corrected chi connectivity index (χ4v) is 1.96. The lowest BCUT2D eigenvalue weighted by Gasteiger charge is -2.35. The summed E-state index contributed by atoms with van der Waals surface area (Å²) in [7, 11) is 0. The number of pyridine rings is 1. The maximum absolute atomic E-state index is 10.8. The predicted molar refractivity (Wildman–Crippen MR) is 63.2 cm³/mol. The summed E-state index contributed by atoms with van der Waals surface area (Å²) in [6.07, 6.45) is 1.87. The summed E-state index contributed by atoms with van der Waals surface area (Å²) < 4.78 is 5.33. The normalized spacial score (nSPS) is 20.3. The Morgan fingerprint density at radius 2 is 2.47 bits per heavy atom. The van der Waals surface area contributed by atoms with Crippen LogP contribution in [0.3, 0.4) is 0 Å². The number of aliphatic carboxylic acids is 1. The Morgan fingerprint density at radius 3 is 3.12 bits per heavy atom. The second-order valence-electron chi connectivity index (χ2n) is 4.21. The molecule has 1 saturated heterocycles. The number of rotatable bonds is 3. The maximum atomic E-state index is 10.8. The lowest BCUT2D eigenvalue weighted by Crippen LogP contribution is -2.47. The Labute approximate surface area is 100 Å². The summed E-state index contributed by atoms with van der Waals surface area (Å²) in [6, 6.07) is 3.78. The van der Waals surface area contributed by atoms with Gasteiger partial charge in [-0.2, -0.15) is 0 Å². The van der Waals surface area contributed by atoms with Gasteiger partial charge in [0.2, 0.25) is 0 Å². The van der Waals surface area contributed by atoms with Crippen molar-refractivity contribution in [1.82, 2.24) is 4.98 Å². The number of carboxylic acid groups (broad SMARTS) is 1. The molecule has 2 heterocycles. The van der Waals surface area contributed by atoms with Crippen LogP contribution in [0.2, 0.25) is 0 Å². The van der Waals surface area contributed by atoms with E-state index in [1.807, 2.05) is 24.0 Å². The van der Waals surface area contributed by atoms with E-state index in [0.29, 0.717) is 19.8 Å². The largest absolute Gasteiger partial charge is 0.481 e. The lowest BCUT2D eigenvalue weighted by molar-refractivity contribution is -0.138. The Morgan fingerprint density at radius 1 is 1.65 bits per heavy atom. The van der Waals surface area contributed by atoms with Crippen molar-refractivity contribution in [3.8, 4) is 0 Å². The highest BCUT2D eigenvalue weighted by Crippen LogP contribution is 2.19. The standard InChI is InChI=1S/C12H16N2O3/c1-9-2-3-11(13-7-9)14-4-5-17-8-10(14)6-12(15)16/h2-3,7,10H,4-6,8H2,1H3,(H,15,16). The fourth-order valence-electron chi connectivity index (χ4n) is 1.96. The molecular formula is C12H16N2O3. The van der Waals surface area contributed by atoms with Crippen LogP contribution in [0.5, 0.6) is 0 Å². The molecule has 5 heteroatoms. The van der Waals surface area contributed by atoms with Crippen molar-refractivity contribution in [2.24, 2.45) is 0 Å². The van der Waals surface area contributed by atoms with E-state index in [0.717, 1.165) is 11.4 Å². The number of carboxylic acids is 1. The molecule has 92 valence electrons. The fraction of sp³-hybridized carbons (Fsp3) is 0.500. The molecular weight excluding hydrogens is 220 g/mol. The van der Waals surface area contributed by atoms with Crippen molar-refractivity contribution in [3.05, 3.63) is 23.9 Å². The van der Waals surface area contributed by atoms with Crippen molar-refractivity contribution < 1.29 is 14.6 Å². The van der Waals surface area contributed by atoms with Crippen LogP contribution >= 0.6 is 0 Å². The Kier molecular flexibility index (Phi) is 3.58. The molecule has 1 aromatic heterocycles. The van der Waals surface area contributed by atoms with Gasteiger partial charge in [0.1, 0.15) is 5.82 Å². The molecule has 0 spiro atoms. The zero-order chi connectivity index (χ0) is 12.3. The molecule has 0 aromatic carbocycles. The number of morpholine rings is 1. The summed E-state index contributed by atoms with van der Waals surface area (Å²) >= 11 is 0. The Bertz CT molecular complexity index is 391. The molecule has 1 atom stereocenters. The van der Waals surface area contributed by atoms with Gasteiger partial charge in [-0.25, -0.2) is 4.98 Å². The van der Waals surface area contributed by atoms with Crippen molar-refractivity contribution in [2.45, 2.75) is 19.4 Å². The average molecular weight is 236 g/mol. The molecule has 5 nitrogen and oxygen atoms in total. The number of nitrogens with zero attached hydrogens (tertiary/aromatic N) is 2. The van der Waals surface area contributed by atoms with E-state index >= 15 is 0 Å². The van der Waals surface area contributed by atoms with E-state index in [-0.39, 0.29) is 12.5 Å². The molecule has 0 radical (unpaired) electrons. The second kappa shape index (κ2) is 5.14. The number of anilines is 1. The first kappa shape index (κ1) is 11.9. The van der Waals surface area contributed by atoms with E-state index in [4.69, 9.17) is 9.84 Å². The number of hydrogen-bond acceptors (Lipinski definition) is 4. The zero-order valence-electron chi connectivity index (χ0n) is 9.80. The molecule has 0 aliphatic carbocycles. The summed E-state index contributed by atoms with van der Waals surface area (Å²) in [5.74, 6) is 0.0164. The van der Waals surface area contributed by atoms with Crippen molar-refractivity contribution in [2.75, 3.05) is 24.7 Å². The van der Waals surface area contributed by atoms with Gasteiger partial charge < -0.3 is 14.7 Å². The van der Waals surface area contributed by atoms with E-state index < -0.39 is 5.97 Å². The van der Waals surface area contributed by atoms with Gasteiger partial charge in [-0.1, -0.05) is 6.07 Å². The van der Waals surface area contributed by atoms with Gasteiger partial charge in [-0.05, 0) is 18.6 Å². The van der Waals surface area contributed by atoms with Crippen LogP contribution in [-0.2, 0) is 9.53 Å². The number of aryl methyl sites for hydroxylation is 1. The number of carbonyl (C=O) groups is 1. The molecule has 1 aliphatic heterocycles. The van der Waals surface area contributed by atoms with E-state index in [9.17, 15) is 4.79 Å². The highest BCUT2D eigenvalue weighted by Gasteiger charge is 2.26. The van der Waals surface area contributed by atoms with Crippen molar-refractivity contribution >= 4 is 11.8 Å². The topological polar surface area (TPSA) is 62.7 Å². The van der Waals surface area contributed by atoms with Gasteiger partial charge in [0.25, 0.3) is 0 Å². The minimum atomic E-state index is -0.808. The van der Waals surface area contributed by atoms with Crippen LogP contribution in [0.25, 0.3) is 0 Å². The molecule has 1 fully saturated rings. The third-order valence-corrected chi connectivity index (χ3v) is 2.83. The maximum Gasteiger partial charge on any atom is 0.305 e. The summed E-state index contributed by atoms with van der Waals surface area (Å²) in [5.41, 5.74) is 1.09. The van der Waals surface area contributed by atoms with Gasteiger partial charge in [0.05, 0.1) is 25.7 Å². The first-order valence-electron chi connectivity index (χ1n) is 5.65. The summed E-state index contributed by atoms with van der Waals surface area (Å²) in [5, 5.41) is 8.87. The SMILES string of the molecule is Cc1ccc(N2CCOCC2CC(=O)O)nc1. The van der Waals surface area contributed by atoms with Gasteiger partial charge in [-0.3, -0.25) is 4.79 Å². The number of ether oxygens (including phenoxy) is 1. The average Bonchev–Trinajstić information content (AvgIpc) is 2.30. The third-order valence-electron chi connectivity index (χ3n) is 2.83. The molecule has 0 amide bonds. The van der Waals surface area contributed by atoms with Gasteiger partial charge in [-0.15, -0.1) is 0 Å². The molecule has 2 rings (SSSR count). The molecule has 1 unspecified atom stereocenters. The van der Waals surface area contributed by atoms with E-state index in [2.05, 4.69) is 4.98 Å². The van der Waals surface area contributed by atoms with Crippen LogP contribution in [0.1, 0.15) is 12.0 Å². The van der Waals surface area contributed by atoms with Crippen LogP contribution in [0.15, 0.2) is 18.3 Å². The van der Waals surface area contributed by atoms with Crippen LogP contribution in [0.4, 0.5) is 5.82 Å². The highest BCUT2D eigenvalue weighted by molar-refractivity contribution is 5.68. The first-order chi connectivity index (χ1) is 8.16. The highest BCUT2D eigenvalue weighted by atomic mass is 16.5. The van der Waals surface area contributed by atoms with Gasteiger partial charge >= 0.3 is 5.97 Å². The lowest BCUT2D eigenvalue weighted by atomic mass is 10.1. The first-order valence-corrected chi connectivity index (χ1v) is 5.65. The van der Waals surface area contributed by atoms with Crippen LogP contribution in [-0.4, -0.2) is 41.9 Å². The van der Waals surface area contributed by atoms with Crippen LogP contribution in [0, 0.1) is 6.92 Å². The minimum Gasteiger partial charge on any atom is -0.481 e. The molecule has 17 heavy (non-hydrogen) atoms. The zero-order valence-corrected chi connectivity index (χ0v) is 9.80. The smallest absolute Gasteiger partial charge is 0.305 e. The van der Waals surface area contributed by atoms with Gasteiger partial charge in [0.15, 0.2) is 0 Å². The number of aromatic nitrogens is 1. The Balaban J connectivity index is 2.15. The molecule has 0 saturated carbocycles. The summed E-state index contributed by atoms with van der Waals surface area (Å²) in [6.45, 7) is 3.73. The second-order valence-corrected chi connectivity index (χ2v) is 4.21. The minimum absolute atomic E-state index is 0.0789. The molecule has 1 N–H and O–H groups in total. The molecule has 0 bridgehead atoms. The van der Waals surface area contributed by atoms with Crippen molar-refractivity contribution in [1.29, 1.82) is 0 Å². The third kappa shape index (κ3) is 2.94. The predicted octanol–water partition coefficient (Wildman–Crippen LogP) is 1.07. The van der Waals surface area contributed by atoms with Crippen molar-refractivity contribution in [3.63, 3.8) is 0 Å². The summed E-state index contributed by atoms with van der Waals surface area (Å²) in [4.78, 5) is 17.1. The van der Waals surface area contributed by atoms with E-state index in [1.54, 1.807) is 6.20 Å². The number of hydrogen-bond donors (Lipinski definition) is 1. The molecule has 1 aliphatic rings. The Hall–Kier alpha value is -1.62. The monoisotopic (exact) mass is 236 g/mol. The van der Waals surface area contributed by atoms with Gasteiger partial charge in [0, 0.05) is 12.7 Å². The van der Waals surface area contributed by atoms with E-state index in [1.165, 1.54) is 0 Å². The molecule has 1 aromatic rings. The van der Waals surface area contributed by atoms with Crippen LogP contribution < -0.4 is 4.90 Å².